The van der Waals surface area contributed by atoms with Gasteiger partial charge in [-0.3, -0.25) is 4.79 Å². The fourth-order valence-electron chi connectivity index (χ4n) is 3.87. The second kappa shape index (κ2) is 7.07. The summed E-state index contributed by atoms with van der Waals surface area (Å²) in [4.78, 5) is 10.9. The number of allylic oxidation sites excluding steroid dienone is 4. The number of carbonyl (C=O) groups is 1. The van der Waals surface area contributed by atoms with Crippen LogP contribution in [0.15, 0.2) is 23.8 Å². The molecule has 2 aliphatic rings. The lowest BCUT2D eigenvalue weighted by Gasteiger charge is -2.42. The monoisotopic (exact) mass is 260 g/mol. The maximum Gasteiger partial charge on any atom is 0.149 e. The molecule has 0 bridgehead atoms. The molecule has 0 aliphatic heterocycles. The van der Waals surface area contributed by atoms with Crippen molar-refractivity contribution in [2.75, 3.05) is 0 Å². The number of unbranched alkanes of at least 4 members (excludes halogenated alkanes) is 2. The van der Waals surface area contributed by atoms with Gasteiger partial charge in [-0.05, 0) is 37.0 Å². The van der Waals surface area contributed by atoms with E-state index < -0.39 is 0 Å². The van der Waals surface area contributed by atoms with E-state index in [-0.39, 0.29) is 0 Å². The molecule has 1 fully saturated rings. The summed E-state index contributed by atoms with van der Waals surface area (Å²) in [6.07, 6.45) is 21.0. The Balaban J connectivity index is 2.07. The van der Waals surface area contributed by atoms with Crippen LogP contribution in [-0.2, 0) is 4.79 Å². The standard InChI is InChI=1S/C18H28O/c1-2-3-7-12-18(17-8-5-4-6-9-17)13-10-16(15-19)11-14-18/h10-11,13,15,17H,2-9,12,14H2,1H3. The summed E-state index contributed by atoms with van der Waals surface area (Å²) in [6, 6.07) is 0. The van der Waals surface area contributed by atoms with Crippen LogP contribution in [0.3, 0.4) is 0 Å². The first-order valence-corrected chi connectivity index (χ1v) is 8.15. The molecule has 0 amide bonds. The molecular formula is C18H28O. The van der Waals surface area contributed by atoms with Gasteiger partial charge in [-0.15, -0.1) is 0 Å². The number of hydrogen-bond acceptors (Lipinski definition) is 1. The maximum atomic E-state index is 10.9. The number of rotatable bonds is 6. The van der Waals surface area contributed by atoms with Crippen LogP contribution in [-0.4, -0.2) is 6.29 Å². The smallest absolute Gasteiger partial charge is 0.149 e. The Kier molecular flexibility index (Phi) is 5.42. The van der Waals surface area contributed by atoms with Crippen molar-refractivity contribution >= 4 is 6.29 Å². The van der Waals surface area contributed by atoms with Crippen LogP contribution in [0.5, 0.6) is 0 Å². The van der Waals surface area contributed by atoms with E-state index in [1.54, 1.807) is 0 Å². The minimum Gasteiger partial charge on any atom is -0.298 e. The fourth-order valence-corrected chi connectivity index (χ4v) is 3.87. The summed E-state index contributed by atoms with van der Waals surface area (Å²) < 4.78 is 0. The fraction of sp³-hybridized carbons (Fsp3) is 0.722. The Labute approximate surface area is 118 Å². The van der Waals surface area contributed by atoms with Crippen LogP contribution < -0.4 is 0 Å². The predicted octanol–water partition coefficient (Wildman–Crippen LogP) is 5.22. The van der Waals surface area contributed by atoms with Gasteiger partial charge in [-0.2, -0.15) is 0 Å². The van der Waals surface area contributed by atoms with Gasteiger partial charge in [0.25, 0.3) is 0 Å². The van der Waals surface area contributed by atoms with E-state index in [0.717, 1.165) is 24.2 Å². The highest BCUT2D eigenvalue weighted by Gasteiger charge is 2.36. The molecule has 0 aromatic carbocycles. The highest BCUT2D eigenvalue weighted by molar-refractivity contribution is 5.77. The van der Waals surface area contributed by atoms with Crippen molar-refractivity contribution in [1.29, 1.82) is 0 Å². The summed E-state index contributed by atoms with van der Waals surface area (Å²) in [7, 11) is 0. The maximum absolute atomic E-state index is 10.9. The first-order valence-electron chi connectivity index (χ1n) is 8.15. The highest BCUT2D eigenvalue weighted by atomic mass is 16.1. The molecule has 2 aliphatic carbocycles. The van der Waals surface area contributed by atoms with Gasteiger partial charge < -0.3 is 0 Å². The lowest BCUT2D eigenvalue weighted by molar-refractivity contribution is -0.104. The van der Waals surface area contributed by atoms with Crippen molar-refractivity contribution in [3.8, 4) is 0 Å². The molecule has 106 valence electrons. The summed E-state index contributed by atoms with van der Waals surface area (Å²) in [6.45, 7) is 2.27. The van der Waals surface area contributed by atoms with E-state index in [1.165, 1.54) is 57.8 Å². The van der Waals surface area contributed by atoms with Crippen molar-refractivity contribution in [1.82, 2.24) is 0 Å². The largest absolute Gasteiger partial charge is 0.298 e. The van der Waals surface area contributed by atoms with Crippen LogP contribution in [0.1, 0.15) is 71.1 Å². The van der Waals surface area contributed by atoms with Crippen molar-refractivity contribution < 1.29 is 4.79 Å². The minimum absolute atomic E-state index is 0.363. The average Bonchev–Trinajstić information content (AvgIpc) is 2.49. The third-order valence-corrected chi connectivity index (χ3v) is 5.13. The first-order chi connectivity index (χ1) is 9.30. The van der Waals surface area contributed by atoms with Crippen LogP contribution in [0.4, 0.5) is 0 Å². The molecule has 0 radical (unpaired) electrons. The zero-order chi connectivity index (χ0) is 13.6. The normalized spacial score (nSPS) is 28.2. The first kappa shape index (κ1) is 14.6. The van der Waals surface area contributed by atoms with Crippen LogP contribution in [0, 0.1) is 11.3 Å². The molecule has 0 heterocycles. The number of aldehydes is 1. The topological polar surface area (TPSA) is 17.1 Å². The number of hydrogen-bond donors (Lipinski definition) is 0. The zero-order valence-corrected chi connectivity index (χ0v) is 12.4. The number of carbonyl (C=O) groups excluding carboxylic acids is 1. The van der Waals surface area contributed by atoms with Gasteiger partial charge in [0.05, 0.1) is 0 Å². The lowest BCUT2D eigenvalue weighted by atomic mass is 9.63. The average molecular weight is 260 g/mol. The van der Waals surface area contributed by atoms with E-state index in [4.69, 9.17) is 0 Å². The van der Waals surface area contributed by atoms with Gasteiger partial charge >= 0.3 is 0 Å². The Morgan fingerprint density at radius 3 is 2.63 bits per heavy atom. The molecule has 1 saturated carbocycles. The molecule has 1 heteroatoms. The summed E-state index contributed by atoms with van der Waals surface area (Å²) in [5, 5.41) is 0. The van der Waals surface area contributed by atoms with Gasteiger partial charge in [0.1, 0.15) is 6.29 Å². The van der Waals surface area contributed by atoms with Crippen molar-refractivity contribution in [3.63, 3.8) is 0 Å². The van der Waals surface area contributed by atoms with Gasteiger partial charge in [0, 0.05) is 5.57 Å². The Hall–Kier alpha value is -0.850. The molecule has 1 atom stereocenters. The predicted molar refractivity (Wildman–Crippen MR) is 81.1 cm³/mol. The molecular weight excluding hydrogens is 232 g/mol. The second-order valence-electron chi connectivity index (χ2n) is 6.38. The Bertz CT molecular complexity index is 347. The molecule has 0 spiro atoms. The quantitative estimate of drug-likeness (QED) is 0.473. The van der Waals surface area contributed by atoms with Gasteiger partial charge in [0.2, 0.25) is 0 Å². The van der Waals surface area contributed by atoms with Crippen molar-refractivity contribution in [3.05, 3.63) is 23.8 Å². The summed E-state index contributed by atoms with van der Waals surface area (Å²) in [5.41, 5.74) is 1.24. The second-order valence-corrected chi connectivity index (χ2v) is 6.38. The molecule has 0 saturated heterocycles. The Morgan fingerprint density at radius 2 is 2.05 bits per heavy atom. The molecule has 0 N–H and O–H groups in total. The van der Waals surface area contributed by atoms with E-state index in [2.05, 4.69) is 25.2 Å². The summed E-state index contributed by atoms with van der Waals surface area (Å²) >= 11 is 0. The van der Waals surface area contributed by atoms with Crippen LogP contribution in [0.2, 0.25) is 0 Å². The van der Waals surface area contributed by atoms with Crippen molar-refractivity contribution in [2.24, 2.45) is 11.3 Å². The zero-order valence-electron chi connectivity index (χ0n) is 12.4. The van der Waals surface area contributed by atoms with E-state index in [0.29, 0.717) is 5.41 Å². The van der Waals surface area contributed by atoms with Gasteiger partial charge in [-0.1, -0.05) is 63.7 Å². The van der Waals surface area contributed by atoms with Crippen molar-refractivity contribution in [2.45, 2.75) is 71.1 Å². The Morgan fingerprint density at radius 1 is 1.26 bits per heavy atom. The van der Waals surface area contributed by atoms with E-state index >= 15 is 0 Å². The van der Waals surface area contributed by atoms with Crippen LogP contribution >= 0.6 is 0 Å². The minimum atomic E-state index is 0.363. The molecule has 1 nitrogen and oxygen atoms in total. The van der Waals surface area contributed by atoms with E-state index in [1.807, 2.05) is 0 Å². The molecule has 0 aromatic rings. The third-order valence-electron chi connectivity index (χ3n) is 5.13. The third kappa shape index (κ3) is 3.58. The molecule has 19 heavy (non-hydrogen) atoms. The van der Waals surface area contributed by atoms with Gasteiger partial charge in [-0.25, -0.2) is 0 Å². The van der Waals surface area contributed by atoms with E-state index in [9.17, 15) is 4.79 Å². The molecule has 1 unspecified atom stereocenters. The van der Waals surface area contributed by atoms with Crippen LogP contribution in [0.25, 0.3) is 0 Å². The SMILES string of the molecule is CCCCCC1(C2CCCCC2)C=CC(C=O)=CC1. The molecule has 2 rings (SSSR count). The summed E-state index contributed by atoms with van der Waals surface area (Å²) in [5.74, 6) is 0.846. The van der Waals surface area contributed by atoms with Gasteiger partial charge in [0.15, 0.2) is 0 Å². The molecule has 0 aromatic heterocycles. The highest BCUT2D eigenvalue weighted by Crippen LogP contribution is 2.47. The lowest BCUT2D eigenvalue weighted by Crippen LogP contribution is -2.31.